The van der Waals surface area contributed by atoms with Gasteiger partial charge in [0, 0.05) is 5.56 Å². The highest BCUT2D eigenvalue weighted by Gasteiger charge is 2.06. The van der Waals surface area contributed by atoms with Crippen LogP contribution in [-0.2, 0) is 4.79 Å². The summed E-state index contributed by atoms with van der Waals surface area (Å²) in [7, 11) is 0. The molecule has 0 unspecified atom stereocenters. The third kappa shape index (κ3) is 3.33. The van der Waals surface area contributed by atoms with Crippen LogP contribution in [0.4, 0.5) is 4.39 Å². The zero-order valence-corrected chi connectivity index (χ0v) is 8.47. The van der Waals surface area contributed by atoms with Crippen LogP contribution in [0.25, 0.3) is 0 Å². The Balaban J connectivity index is 0. The molecular weight excluding hydrogens is 259 g/mol. The molecule has 14 heavy (non-hydrogen) atoms. The van der Waals surface area contributed by atoms with E-state index in [1.54, 1.807) is 0 Å². The van der Waals surface area contributed by atoms with Gasteiger partial charge in [-0.3, -0.25) is 9.59 Å². The van der Waals surface area contributed by atoms with Gasteiger partial charge in [0.05, 0.1) is 4.47 Å². The normalized spacial score (nSPS) is 8.14. The van der Waals surface area contributed by atoms with Crippen molar-refractivity contribution in [2.75, 3.05) is 0 Å². The molecule has 1 rings (SSSR count). The number of hydrogen-bond donors (Lipinski definition) is 0. The highest BCUT2D eigenvalue weighted by Crippen LogP contribution is 2.16. The van der Waals surface area contributed by atoms with Gasteiger partial charge in [-0.2, -0.15) is 0 Å². The lowest BCUT2D eigenvalue weighted by Gasteiger charge is -1.95. The summed E-state index contributed by atoms with van der Waals surface area (Å²) in [5, 5.41) is 0. The van der Waals surface area contributed by atoms with Crippen molar-refractivity contribution in [2.45, 2.75) is 0 Å². The smallest absolute Gasteiger partial charge is 0.225 e. The van der Waals surface area contributed by atoms with E-state index in [9.17, 15) is 14.0 Å². The molecule has 1 aromatic rings. The molecule has 0 bridgehead atoms. The molecule has 0 atom stereocenters. The van der Waals surface area contributed by atoms with E-state index in [2.05, 4.69) is 15.9 Å². The minimum absolute atomic E-state index is 0. The zero-order valence-electron chi connectivity index (χ0n) is 6.88. The van der Waals surface area contributed by atoms with E-state index < -0.39 is 11.6 Å². The largest absolute Gasteiger partial charge is 0.412 e. The molecule has 78 valence electrons. The predicted octanol–water partition coefficient (Wildman–Crippen LogP) is 0.320. The molecule has 4 nitrogen and oxygen atoms in total. The lowest BCUT2D eigenvalue weighted by Crippen LogP contribution is -1.99. The topological polar surface area (TPSA) is 97.1 Å². The Morgan fingerprint density at radius 2 is 1.93 bits per heavy atom. The second-order valence-electron chi connectivity index (χ2n) is 2.11. The average molecular weight is 267 g/mol. The fourth-order valence-electron chi connectivity index (χ4n) is 0.717. The predicted molar refractivity (Wildman–Crippen MR) is 51.7 cm³/mol. The summed E-state index contributed by atoms with van der Waals surface area (Å²) >= 11 is 2.93. The van der Waals surface area contributed by atoms with Gasteiger partial charge in [-0.15, -0.1) is 0 Å². The Bertz CT molecular complexity index is 340. The van der Waals surface area contributed by atoms with Gasteiger partial charge in [0.2, 0.25) is 5.78 Å². The molecule has 0 radical (unpaired) electrons. The molecule has 6 heteroatoms. The van der Waals surface area contributed by atoms with Crippen molar-refractivity contribution in [1.82, 2.24) is 0 Å². The SMILES string of the molecule is O.O.O=CC(=O)c1ccc(Br)c(F)c1. The van der Waals surface area contributed by atoms with Crippen molar-refractivity contribution < 1.29 is 24.9 Å². The van der Waals surface area contributed by atoms with Crippen LogP contribution >= 0.6 is 15.9 Å². The standard InChI is InChI=1S/C8H4BrFO2.2H2O/c9-6-2-1-5(3-7(6)10)8(12)4-11;;/h1-4H;2*1H2. The molecular formula is C8H8BrFO4. The van der Waals surface area contributed by atoms with Gasteiger partial charge in [-0.05, 0) is 34.1 Å². The van der Waals surface area contributed by atoms with Crippen LogP contribution in [-0.4, -0.2) is 23.0 Å². The second kappa shape index (κ2) is 6.36. The number of halogens is 2. The molecule has 4 N–H and O–H groups in total. The minimum Gasteiger partial charge on any atom is -0.412 e. The van der Waals surface area contributed by atoms with E-state index >= 15 is 0 Å². The Hall–Kier alpha value is -1.11. The van der Waals surface area contributed by atoms with Gasteiger partial charge in [0.1, 0.15) is 5.82 Å². The molecule has 0 fully saturated rings. The minimum atomic E-state index is -0.721. The van der Waals surface area contributed by atoms with Crippen LogP contribution in [0.2, 0.25) is 0 Å². The van der Waals surface area contributed by atoms with E-state index in [0.717, 1.165) is 6.07 Å². The number of rotatable bonds is 2. The van der Waals surface area contributed by atoms with Gasteiger partial charge in [0.25, 0.3) is 0 Å². The monoisotopic (exact) mass is 266 g/mol. The van der Waals surface area contributed by atoms with Gasteiger partial charge in [-0.25, -0.2) is 4.39 Å². The van der Waals surface area contributed by atoms with Crippen molar-refractivity contribution in [2.24, 2.45) is 0 Å². The first-order valence-corrected chi connectivity index (χ1v) is 3.89. The number of hydrogen-bond acceptors (Lipinski definition) is 2. The van der Waals surface area contributed by atoms with E-state index in [0.29, 0.717) is 0 Å². The first-order chi connectivity index (χ1) is 5.65. The highest BCUT2D eigenvalue weighted by molar-refractivity contribution is 9.10. The van der Waals surface area contributed by atoms with Crippen LogP contribution in [0.5, 0.6) is 0 Å². The van der Waals surface area contributed by atoms with E-state index in [1.165, 1.54) is 12.1 Å². The summed E-state index contributed by atoms with van der Waals surface area (Å²) in [4.78, 5) is 20.7. The van der Waals surface area contributed by atoms with Crippen LogP contribution < -0.4 is 0 Å². The summed E-state index contributed by atoms with van der Waals surface area (Å²) < 4.78 is 13.0. The fourth-order valence-corrected chi connectivity index (χ4v) is 0.964. The quantitative estimate of drug-likeness (QED) is 0.438. The lowest BCUT2D eigenvalue weighted by atomic mass is 10.1. The molecule has 0 saturated carbocycles. The molecule has 0 aliphatic carbocycles. The van der Waals surface area contributed by atoms with E-state index in [4.69, 9.17) is 0 Å². The second-order valence-corrected chi connectivity index (χ2v) is 2.97. The van der Waals surface area contributed by atoms with Gasteiger partial charge >= 0.3 is 0 Å². The fraction of sp³-hybridized carbons (Fsp3) is 0. The number of aldehydes is 1. The zero-order chi connectivity index (χ0) is 9.14. The first-order valence-electron chi connectivity index (χ1n) is 3.09. The van der Waals surface area contributed by atoms with Crippen molar-refractivity contribution in [3.8, 4) is 0 Å². The maximum Gasteiger partial charge on any atom is 0.225 e. The number of carbonyl (C=O) groups is 2. The molecule has 0 aromatic heterocycles. The third-order valence-corrected chi connectivity index (χ3v) is 1.95. The van der Waals surface area contributed by atoms with E-state index in [-0.39, 0.29) is 27.3 Å². The number of Topliss-reactive ketones (excluding diaryl/α,β-unsaturated/α-hetero) is 1. The number of ketones is 1. The maximum absolute atomic E-state index is 12.8. The Morgan fingerprint density at radius 3 is 2.36 bits per heavy atom. The van der Waals surface area contributed by atoms with Crippen molar-refractivity contribution in [3.63, 3.8) is 0 Å². The molecule has 0 aliphatic heterocycles. The summed E-state index contributed by atoms with van der Waals surface area (Å²) in [6.45, 7) is 0. The molecule has 0 spiro atoms. The van der Waals surface area contributed by atoms with Crippen LogP contribution in [0, 0.1) is 5.82 Å². The molecule has 1 aromatic carbocycles. The molecule has 0 amide bonds. The third-order valence-electron chi connectivity index (χ3n) is 1.31. The summed E-state index contributed by atoms with van der Waals surface area (Å²) in [6, 6.07) is 3.77. The highest BCUT2D eigenvalue weighted by atomic mass is 79.9. The van der Waals surface area contributed by atoms with E-state index in [1.807, 2.05) is 0 Å². The number of benzene rings is 1. The average Bonchev–Trinajstić information content (AvgIpc) is 2.08. The van der Waals surface area contributed by atoms with Gasteiger partial charge in [0.15, 0.2) is 6.29 Å². The van der Waals surface area contributed by atoms with Crippen LogP contribution in [0.15, 0.2) is 22.7 Å². The van der Waals surface area contributed by atoms with Crippen LogP contribution in [0.3, 0.4) is 0 Å². The van der Waals surface area contributed by atoms with Crippen molar-refractivity contribution in [3.05, 3.63) is 34.1 Å². The maximum atomic E-state index is 12.8. The molecule has 0 aliphatic rings. The number of carbonyl (C=O) groups excluding carboxylic acids is 2. The summed E-state index contributed by atoms with van der Waals surface area (Å²) in [6.07, 6.45) is 0.155. The Kier molecular flexibility index (Phi) is 6.98. The van der Waals surface area contributed by atoms with Crippen molar-refractivity contribution >= 4 is 28.0 Å². The van der Waals surface area contributed by atoms with Gasteiger partial charge in [-0.1, -0.05) is 0 Å². The Labute approximate surface area is 87.5 Å². The Morgan fingerprint density at radius 1 is 1.36 bits per heavy atom. The van der Waals surface area contributed by atoms with Crippen molar-refractivity contribution in [1.29, 1.82) is 0 Å². The molecule has 0 saturated heterocycles. The molecule has 0 heterocycles. The van der Waals surface area contributed by atoms with Crippen LogP contribution in [0.1, 0.15) is 10.4 Å². The first kappa shape index (κ1) is 15.4. The summed E-state index contributed by atoms with van der Waals surface area (Å²) in [5.74, 6) is -1.27. The lowest BCUT2D eigenvalue weighted by molar-refractivity contribution is -0.104. The van der Waals surface area contributed by atoms with Gasteiger partial charge < -0.3 is 11.0 Å². The summed E-state index contributed by atoms with van der Waals surface area (Å²) in [5.41, 5.74) is 0.0608.